The quantitative estimate of drug-likeness (QED) is 0.724. The summed E-state index contributed by atoms with van der Waals surface area (Å²) >= 11 is 0. The van der Waals surface area contributed by atoms with Gasteiger partial charge in [-0.15, -0.1) is 0 Å². The fourth-order valence-electron chi connectivity index (χ4n) is 1.01. The highest BCUT2D eigenvalue weighted by Gasteiger charge is 2.16. The third kappa shape index (κ3) is 2.93. The van der Waals surface area contributed by atoms with E-state index >= 15 is 0 Å². The molecule has 0 radical (unpaired) electrons. The second kappa shape index (κ2) is 4.77. The van der Waals surface area contributed by atoms with Crippen LogP contribution in [-0.4, -0.2) is 22.5 Å². The lowest BCUT2D eigenvalue weighted by Crippen LogP contribution is -2.10. The van der Waals surface area contributed by atoms with Crippen LogP contribution in [0.25, 0.3) is 0 Å². The highest BCUT2D eigenvalue weighted by Crippen LogP contribution is 2.17. The Labute approximate surface area is 85.3 Å². The van der Waals surface area contributed by atoms with E-state index in [9.17, 15) is 13.6 Å². The van der Waals surface area contributed by atoms with Crippen molar-refractivity contribution in [3.63, 3.8) is 0 Å². The molecule has 0 bridgehead atoms. The van der Waals surface area contributed by atoms with Crippen molar-refractivity contribution >= 4 is 5.97 Å². The summed E-state index contributed by atoms with van der Waals surface area (Å²) in [7, 11) is 0. The smallest absolute Gasteiger partial charge is 0.357 e. The normalized spacial score (nSPS) is 10.5. The topological polar surface area (TPSA) is 52.1 Å². The van der Waals surface area contributed by atoms with E-state index in [1.165, 1.54) is 6.92 Å². The number of ether oxygens (including phenoxy) is 1. The molecule has 0 aliphatic heterocycles. The fourth-order valence-corrected chi connectivity index (χ4v) is 1.01. The van der Waals surface area contributed by atoms with Crippen molar-refractivity contribution in [2.24, 2.45) is 0 Å². The maximum atomic E-state index is 12.3. The van der Waals surface area contributed by atoms with Crippen molar-refractivity contribution in [2.75, 3.05) is 6.61 Å². The summed E-state index contributed by atoms with van der Waals surface area (Å²) in [6.07, 6.45) is -2.72. The summed E-state index contributed by atoms with van der Waals surface area (Å²) < 4.78 is 29.3. The molecule has 0 unspecified atom stereocenters. The van der Waals surface area contributed by atoms with Gasteiger partial charge in [0.1, 0.15) is 11.5 Å². The molecule has 0 N–H and O–H groups in total. The number of esters is 1. The molecule has 0 atom stereocenters. The number of aromatic nitrogens is 2. The van der Waals surface area contributed by atoms with Gasteiger partial charge >= 0.3 is 5.97 Å². The number of hydrogen-bond donors (Lipinski definition) is 0. The van der Waals surface area contributed by atoms with Crippen LogP contribution in [0.15, 0.2) is 6.07 Å². The lowest BCUT2D eigenvalue weighted by molar-refractivity contribution is 0.0518. The van der Waals surface area contributed by atoms with Crippen LogP contribution in [0.3, 0.4) is 0 Å². The molecular formula is C9H10F2N2O2. The minimum Gasteiger partial charge on any atom is -0.461 e. The van der Waals surface area contributed by atoms with E-state index in [1.807, 2.05) is 0 Å². The van der Waals surface area contributed by atoms with Crippen molar-refractivity contribution < 1.29 is 18.3 Å². The van der Waals surface area contributed by atoms with E-state index in [4.69, 9.17) is 0 Å². The third-order valence-electron chi connectivity index (χ3n) is 1.57. The van der Waals surface area contributed by atoms with Crippen molar-refractivity contribution in [3.8, 4) is 0 Å². The molecule has 6 heteroatoms. The molecule has 0 saturated heterocycles. The number of nitrogens with zero attached hydrogens (tertiary/aromatic N) is 2. The third-order valence-corrected chi connectivity index (χ3v) is 1.57. The Kier molecular flexibility index (Phi) is 3.65. The van der Waals surface area contributed by atoms with Gasteiger partial charge < -0.3 is 4.74 Å². The van der Waals surface area contributed by atoms with Crippen LogP contribution < -0.4 is 0 Å². The molecule has 1 rings (SSSR count). The monoisotopic (exact) mass is 216 g/mol. The second-order valence-corrected chi connectivity index (χ2v) is 2.75. The first-order valence-corrected chi connectivity index (χ1v) is 4.35. The zero-order valence-electron chi connectivity index (χ0n) is 8.33. The zero-order chi connectivity index (χ0) is 11.4. The van der Waals surface area contributed by atoms with Crippen LogP contribution in [-0.2, 0) is 4.74 Å². The maximum Gasteiger partial charge on any atom is 0.357 e. The Morgan fingerprint density at radius 1 is 1.53 bits per heavy atom. The Morgan fingerprint density at radius 2 is 2.20 bits per heavy atom. The molecule has 0 aliphatic rings. The molecule has 0 spiro atoms. The molecule has 0 amide bonds. The van der Waals surface area contributed by atoms with Gasteiger partial charge in [0.05, 0.1) is 6.61 Å². The number of aryl methyl sites for hydroxylation is 1. The first kappa shape index (κ1) is 11.5. The lowest BCUT2D eigenvalue weighted by Gasteiger charge is -2.04. The van der Waals surface area contributed by atoms with E-state index in [-0.39, 0.29) is 18.1 Å². The average Bonchev–Trinajstić information content (AvgIpc) is 2.17. The first-order valence-electron chi connectivity index (χ1n) is 4.35. The second-order valence-electron chi connectivity index (χ2n) is 2.75. The molecule has 82 valence electrons. The van der Waals surface area contributed by atoms with Gasteiger partial charge in [0.15, 0.2) is 5.69 Å². The van der Waals surface area contributed by atoms with Crippen LogP contribution in [0.4, 0.5) is 8.78 Å². The molecule has 1 aromatic heterocycles. The molecule has 0 aromatic carbocycles. The highest BCUT2D eigenvalue weighted by atomic mass is 19.3. The molecule has 4 nitrogen and oxygen atoms in total. The predicted molar refractivity (Wildman–Crippen MR) is 47.7 cm³/mol. The number of carbonyl (C=O) groups excluding carboxylic acids is 1. The van der Waals surface area contributed by atoms with Gasteiger partial charge in [-0.1, -0.05) is 0 Å². The molecule has 0 aliphatic carbocycles. The molecule has 0 fully saturated rings. The predicted octanol–water partition coefficient (Wildman–Crippen LogP) is 1.90. The van der Waals surface area contributed by atoms with Crippen LogP contribution in [0.2, 0.25) is 0 Å². The van der Waals surface area contributed by atoms with E-state index in [0.717, 1.165) is 6.07 Å². The average molecular weight is 216 g/mol. The molecule has 15 heavy (non-hydrogen) atoms. The van der Waals surface area contributed by atoms with E-state index in [1.54, 1.807) is 6.92 Å². The van der Waals surface area contributed by atoms with Gasteiger partial charge in [-0.3, -0.25) is 0 Å². The van der Waals surface area contributed by atoms with Gasteiger partial charge in [-0.2, -0.15) is 0 Å². The number of hydrogen-bond acceptors (Lipinski definition) is 4. The van der Waals surface area contributed by atoms with Gasteiger partial charge in [0.25, 0.3) is 6.43 Å². The zero-order valence-corrected chi connectivity index (χ0v) is 8.33. The Morgan fingerprint density at radius 3 is 2.73 bits per heavy atom. The molecule has 0 saturated carbocycles. The Bertz CT molecular complexity index is 369. The minimum absolute atomic E-state index is 0.121. The van der Waals surface area contributed by atoms with Crippen LogP contribution in [0, 0.1) is 6.92 Å². The van der Waals surface area contributed by atoms with Gasteiger partial charge in [0.2, 0.25) is 0 Å². The minimum atomic E-state index is -2.72. The molecule has 1 heterocycles. The summed E-state index contributed by atoms with van der Waals surface area (Å²) in [5.41, 5.74) is -0.606. The summed E-state index contributed by atoms with van der Waals surface area (Å²) in [6, 6.07) is 0.940. The highest BCUT2D eigenvalue weighted by molar-refractivity contribution is 5.87. The number of carbonyl (C=O) groups is 1. The van der Waals surface area contributed by atoms with Crippen LogP contribution in [0.1, 0.15) is 35.4 Å². The number of alkyl halides is 2. The summed E-state index contributed by atoms with van der Waals surface area (Å²) in [6.45, 7) is 3.24. The van der Waals surface area contributed by atoms with Crippen LogP contribution >= 0.6 is 0 Å². The SMILES string of the molecule is CCOC(=O)c1cc(C(F)F)nc(C)n1. The first-order chi connectivity index (χ1) is 7.04. The summed E-state index contributed by atoms with van der Waals surface area (Å²) in [4.78, 5) is 18.4. The molecular weight excluding hydrogens is 206 g/mol. The van der Waals surface area contributed by atoms with E-state index in [0.29, 0.717) is 0 Å². The number of rotatable bonds is 3. The van der Waals surface area contributed by atoms with Gasteiger partial charge in [0, 0.05) is 0 Å². The number of halogens is 2. The summed E-state index contributed by atoms with van der Waals surface area (Å²) in [5.74, 6) is -0.597. The van der Waals surface area contributed by atoms with Crippen LogP contribution in [0.5, 0.6) is 0 Å². The van der Waals surface area contributed by atoms with Crippen molar-refractivity contribution in [3.05, 3.63) is 23.3 Å². The van der Waals surface area contributed by atoms with Gasteiger partial charge in [-0.25, -0.2) is 23.5 Å². The summed E-state index contributed by atoms with van der Waals surface area (Å²) in [5, 5.41) is 0. The van der Waals surface area contributed by atoms with Gasteiger partial charge in [-0.05, 0) is 19.9 Å². The van der Waals surface area contributed by atoms with E-state index < -0.39 is 18.1 Å². The fraction of sp³-hybridized carbons (Fsp3) is 0.444. The maximum absolute atomic E-state index is 12.3. The Hall–Kier alpha value is -1.59. The van der Waals surface area contributed by atoms with Crippen molar-refractivity contribution in [2.45, 2.75) is 20.3 Å². The largest absolute Gasteiger partial charge is 0.461 e. The lowest BCUT2D eigenvalue weighted by atomic mass is 10.3. The molecule has 1 aromatic rings. The van der Waals surface area contributed by atoms with Crippen molar-refractivity contribution in [1.82, 2.24) is 9.97 Å². The van der Waals surface area contributed by atoms with E-state index in [2.05, 4.69) is 14.7 Å². The standard InChI is InChI=1S/C9H10F2N2O2/c1-3-15-9(14)7-4-6(8(10)11)12-5(2)13-7/h4,8H,3H2,1-2H3. The Balaban J connectivity index is 3.03. The van der Waals surface area contributed by atoms with Crippen molar-refractivity contribution in [1.29, 1.82) is 0 Å².